The summed E-state index contributed by atoms with van der Waals surface area (Å²) in [4.78, 5) is 38.0. The Morgan fingerprint density at radius 2 is 1.82 bits per heavy atom. The van der Waals surface area contributed by atoms with Crippen LogP contribution in [0.4, 0.5) is 10.5 Å². The van der Waals surface area contributed by atoms with E-state index in [1.807, 2.05) is 13.0 Å². The molecule has 39 heavy (non-hydrogen) atoms. The van der Waals surface area contributed by atoms with Crippen LogP contribution in [0.15, 0.2) is 23.8 Å². The zero-order chi connectivity index (χ0) is 29.1. The third-order valence-electron chi connectivity index (χ3n) is 7.36. The number of phenolic OH excluding ortho intramolecular Hbond substituents is 1. The fraction of sp³-hybridized carbons (Fsp3) is 0.607. The van der Waals surface area contributed by atoms with E-state index in [0.29, 0.717) is 29.7 Å². The van der Waals surface area contributed by atoms with Crippen molar-refractivity contribution >= 4 is 23.5 Å². The van der Waals surface area contributed by atoms with Crippen LogP contribution in [0.25, 0.3) is 0 Å². The Labute approximate surface area is 228 Å². The molecule has 7 atom stereocenters. The molecule has 11 heteroatoms. The van der Waals surface area contributed by atoms with E-state index < -0.39 is 48.1 Å². The van der Waals surface area contributed by atoms with Gasteiger partial charge in [0.05, 0.1) is 11.8 Å². The highest BCUT2D eigenvalue weighted by atomic mass is 16.6. The summed E-state index contributed by atoms with van der Waals surface area (Å²) >= 11 is 0. The van der Waals surface area contributed by atoms with Gasteiger partial charge in [-0.2, -0.15) is 0 Å². The normalized spacial score (nSPS) is 32.3. The van der Waals surface area contributed by atoms with Gasteiger partial charge in [0.25, 0.3) is 5.91 Å². The standard InChI is InChI=1S/C28H40N2O9/c1-14-7-17-10-18(31)11-20-25(17)38-23(21(8-14)36-5)15(2)9-16(3)24(39-27(29)34)22(37-6)12-19(32)13-28(4,35)26(33)30-20/h9-11,14-15,21-24,31,35H,7-8,12-13H2,1-6H3,(H2,29,34)(H,30,33)/t14-,15+,21+,22+,23-,24+,28+/m1/s1. The lowest BCUT2D eigenvalue weighted by Crippen LogP contribution is -2.43. The molecule has 216 valence electrons. The number of rotatable bonds is 3. The van der Waals surface area contributed by atoms with E-state index in [2.05, 4.69) is 12.2 Å². The number of amides is 2. The Kier molecular flexibility index (Phi) is 9.63. The number of fused-ring (bicyclic) bond motifs is 1. The number of anilines is 1. The Balaban J connectivity index is 2.22. The first-order chi connectivity index (χ1) is 18.2. The number of ether oxygens (including phenoxy) is 4. The van der Waals surface area contributed by atoms with E-state index in [1.165, 1.54) is 20.1 Å². The highest BCUT2D eigenvalue weighted by Gasteiger charge is 2.39. The predicted octanol–water partition coefficient (Wildman–Crippen LogP) is 2.85. The van der Waals surface area contributed by atoms with E-state index in [1.54, 1.807) is 20.1 Å². The van der Waals surface area contributed by atoms with Gasteiger partial charge < -0.3 is 40.2 Å². The molecule has 0 unspecified atom stereocenters. The summed E-state index contributed by atoms with van der Waals surface area (Å²) < 4.78 is 23.3. The van der Waals surface area contributed by atoms with Crippen LogP contribution in [0.2, 0.25) is 0 Å². The summed E-state index contributed by atoms with van der Waals surface area (Å²) in [5.74, 6) is -1.26. The SMILES string of the molecule is CO[C@H]1C[C@H](C)Cc2cc(O)cc3c2O[C@@H]1[C@@H](C)C=C(C)[C@H](OC(N)=O)[C@@H](OC)CC(=O)C[C@](C)(O)C(=O)N3. The average Bonchev–Trinajstić information content (AvgIpc) is 2.82. The summed E-state index contributed by atoms with van der Waals surface area (Å²) in [5.41, 5.74) is 4.68. The topological polar surface area (TPSA) is 167 Å². The van der Waals surface area contributed by atoms with Gasteiger partial charge in [0.1, 0.15) is 35.1 Å². The molecule has 0 aliphatic carbocycles. The van der Waals surface area contributed by atoms with Crippen LogP contribution in [0.1, 0.15) is 52.5 Å². The molecule has 3 rings (SSSR count). The molecule has 2 bridgehead atoms. The van der Waals surface area contributed by atoms with Crippen LogP contribution < -0.4 is 15.8 Å². The second-order valence-corrected chi connectivity index (χ2v) is 10.9. The van der Waals surface area contributed by atoms with Crippen LogP contribution in [0.5, 0.6) is 11.5 Å². The molecule has 2 heterocycles. The fourth-order valence-electron chi connectivity index (χ4n) is 5.46. The van der Waals surface area contributed by atoms with Gasteiger partial charge in [-0.25, -0.2) is 4.79 Å². The Morgan fingerprint density at radius 1 is 1.15 bits per heavy atom. The summed E-state index contributed by atoms with van der Waals surface area (Å²) in [7, 11) is 2.97. The third kappa shape index (κ3) is 7.28. The van der Waals surface area contributed by atoms with E-state index >= 15 is 0 Å². The monoisotopic (exact) mass is 548 g/mol. The number of aromatic hydroxyl groups is 1. The summed E-state index contributed by atoms with van der Waals surface area (Å²) in [6.45, 7) is 6.95. The molecule has 0 spiro atoms. The number of Topliss-reactive ketones (excluding diaryl/α,β-unsaturated/α-hetero) is 1. The molecule has 2 aliphatic rings. The maximum absolute atomic E-state index is 13.2. The number of nitrogens with two attached hydrogens (primary N) is 1. The first kappa shape index (κ1) is 30.4. The molecule has 5 N–H and O–H groups in total. The quantitative estimate of drug-likeness (QED) is 0.415. The maximum Gasteiger partial charge on any atom is 0.405 e. The number of nitrogens with one attached hydrogen (secondary N) is 1. The highest BCUT2D eigenvalue weighted by Crippen LogP contribution is 2.41. The number of hydrogen-bond acceptors (Lipinski definition) is 9. The number of benzene rings is 1. The summed E-state index contributed by atoms with van der Waals surface area (Å²) in [6, 6.07) is 2.94. The zero-order valence-corrected chi connectivity index (χ0v) is 23.4. The van der Waals surface area contributed by atoms with E-state index in [0.717, 1.165) is 0 Å². The molecule has 0 fully saturated rings. The van der Waals surface area contributed by atoms with Crippen molar-refractivity contribution in [2.75, 3.05) is 19.5 Å². The van der Waals surface area contributed by atoms with Crippen LogP contribution in [0, 0.1) is 11.8 Å². The van der Waals surface area contributed by atoms with Crippen LogP contribution in [-0.2, 0) is 30.2 Å². The van der Waals surface area contributed by atoms with Gasteiger partial charge >= 0.3 is 6.09 Å². The van der Waals surface area contributed by atoms with Gasteiger partial charge in [0.2, 0.25) is 0 Å². The van der Waals surface area contributed by atoms with Gasteiger partial charge in [-0.1, -0.05) is 19.9 Å². The number of ketones is 1. The van der Waals surface area contributed by atoms with Crippen molar-refractivity contribution < 1.29 is 43.5 Å². The Morgan fingerprint density at radius 3 is 2.44 bits per heavy atom. The lowest BCUT2D eigenvalue weighted by Gasteiger charge is -2.36. The Bertz CT molecular complexity index is 1120. The number of methoxy groups -OCH3 is 2. The minimum absolute atomic E-state index is 0.0768. The number of carbonyl (C=O) groups is 3. The molecular weight excluding hydrogens is 508 g/mol. The number of phenols is 1. The summed E-state index contributed by atoms with van der Waals surface area (Å²) in [5, 5.41) is 24.1. The number of aliphatic hydroxyl groups is 1. The number of primary amides is 1. The minimum atomic E-state index is -2.10. The average molecular weight is 549 g/mol. The van der Waals surface area contributed by atoms with E-state index in [4.69, 9.17) is 24.7 Å². The first-order valence-corrected chi connectivity index (χ1v) is 13.0. The molecule has 1 aromatic carbocycles. The second-order valence-electron chi connectivity index (χ2n) is 10.9. The first-order valence-electron chi connectivity index (χ1n) is 13.0. The van der Waals surface area contributed by atoms with Crippen LogP contribution in [-0.4, -0.2) is 72.2 Å². The largest absolute Gasteiger partial charge is 0.508 e. The minimum Gasteiger partial charge on any atom is -0.508 e. The molecule has 11 nitrogen and oxygen atoms in total. The van der Waals surface area contributed by atoms with E-state index in [-0.39, 0.29) is 35.8 Å². The molecule has 0 saturated carbocycles. The molecule has 0 saturated heterocycles. The van der Waals surface area contributed by atoms with Crippen LogP contribution >= 0.6 is 0 Å². The third-order valence-corrected chi connectivity index (χ3v) is 7.36. The van der Waals surface area contributed by atoms with Gasteiger partial charge in [-0.05, 0) is 44.2 Å². The van der Waals surface area contributed by atoms with Crippen molar-refractivity contribution in [2.24, 2.45) is 17.6 Å². The van der Waals surface area contributed by atoms with Gasteiger partial charge in [-0.3, -0.25) is 9.59 Å². The lowest BCUT2D eigenvalue weighted by molar-refractivity contribution is -0.140. The molecule has 2 amide bonds. The molecule has 0 radical (unpaired) electrons. The fourth-order valence-corrected chi connectivity index (χ4v) is 5.46. The summed E-state index contributed by atoms with van der Waals surface area (Å²) in [6.07, 6.45) is -1.60. The van der Waals surface area contributed by atoms with Crippen molar-refractivity contribution in [3.63, 3.8) is 0 Å². The van der Waals surface area contributed by atoms with Crippen molar-refractivity contribution in [3.8, 4) is 11.5 Å². The van der Waals surface area contributed by atoms with Crippen molar-refractivity contribution in [2.45, 2.75) is 83.4 Å². The lowest BCUT2D eigenvalue weighted by atomic mass is 9.86. The smallest absolute Gasteiger partial charge is 0.405 e. The molecule has 0 aromatic heterocycles. The number of hydrogen-bond donors (Lipinski definition) is 4. The van der Waals surface area contributed by atoms with Crippen molar-refractivity contribution in [1.29, 1.82) is 0 Å². The number of carbonyl (C=O) groups excluding carboxylic acids is 3. The van der Waals surface area contributed by atoms with E-state index in [9.17, 15) is 24.6 Å². The van der Waals surface area contributed by atoms with Crippen LogP contribution in [0.3, 0.4) is 0 Å². The second kappa shape index (κ2) is 12.4. The molecular formula is C28H40N2O9. The van der Waals surface area contributed by atoms with Crippen molar-refractivity contribution in [3.05, 3.63) is 29.3 Å². The Hall–Kier alpha value is -3.15. The molecule has 1 aromatic rings. The maximum atomic E-state index is 13.2. The highest BCUT2D eigenvalue weighted by molar-refractivity contribution is 6.01. The predicted molar refractivity (Wildman–Crippen MR) is 142 cm³/mol. The zero-order valence-electron chi connectivity index (χ0n) is 23.4. The molecule has 2 aliphatic heterocycles. The van der Waals surface area contributed by atoms with Gasteiger partial charge in [-0.15, -0.1) is 0 Å². The van der Waals surface area contributed by atoms with Crippen molar-refractivity contribution in [1.82, 2.24) is 0 Å². The van der Waals surface area contributed by atoms with Gasteiger partial charge in [0, 0.05) is 44.6 Å². The van der Waals surface area contributed by atoms with Gasteiger partial charge in [0.15, 0.2) is 6.10 Å².